The Hall–Kier alpha value is -3.06. The van der Waals surface area contributed by atoms with Gasteiger partial charge in [-0.05, 0) is 25.0 Å². The molecule has 1 saturated heterocycles. The van der Waals surface area contributed by atoms with Crippen molar-refractivity contribution in [3.63, 3.8) is 0 Å². The minimum Gasteiger partial charge on any atom is -0.386 e. The molecule has 1 aromatic carbocycles. The summed E-state index contributed by atoms with van der Waals surface area (Å²) in [7, 11) is 2.01. The first-order valence-electron chi connectivity index (χ1n) is 10.7. The van der Waals surface area contributed by atoms with Crippen LogP contribution in [0.4, 0.5) is 10.2 Å². The molecular weight excluding hydrogens is 413 g/mol. The van der Waals surface area contributed by atoms with Gasteiger partial charge in [0, 0.05) is 13.1 Å². The van der Waals surface area contributed by atoms with Gasteiger partial charge in [-0.1, -0.05) is 36.8 Å². The Labute approximate surface area is 184 Å². The molecular formula is C23H24FN5O3. The highest BCUT2D eigenvalue weighted by molar-refractivity contribution is 5.83. The highest BCUT2D eigenvalue weighted by atomic mass is 19.1. The van der Waals surface area contributed by atoms with E-state index in [9.17, 15) is 14.6 Å². The monoisotopic (exact) mass is 437 g/mol. The molecule has 8 nitrogen and oxygen atoms in total. The van der Waals surface area contributed by atoms with E-state index >= 15 is 0 Å². The van der Waals surface area contributed by atoms with Crippen LogP contribution in [0.5, 0.6) is 0 Å². The molecule has 0 radical (unpaired) electrons. The molecule has 1 aliphatic heterocycles. The zero-order valence-corrected chi connectivity index (χ0v) is 17.6. The van der Waals surface area contributed by atoms with E-state index in [-0.39, 0.29) is 5.56 Å². The topological polar surface area (TPSA) is 96.5 Å². The van der Waals surface area contributed by atoms with Crippen LogP contribution >= 0.6 is 0 Å². The number of hydrogen-bond donors (Lipinski definition) is 2. The maximum Gasteiger partial charge on any atom is 0.167 e. The fourth-order valence-electron chi connectivity index (χ4n) is 4.47. The minimum absolute atomic E-state index is 0.196. The Kier molecular flexibility index (Phi) is 5.51. The number of fused-ring (bicyclic) bond motifs is 1. The molecule has 1 aliphatic carbocycles. The number of anilines is 1. The average molecular weight is 437 g/mol. The average Bonchev–Trinajstić information content (AvgIpc) is 3.54. The molecule has 2 aromatic heterocycles. The lowest BCUT2D eigenvalue weighted by molar-refractivity contribution is -0.0230. The molecule has 3 heterocycles. The first kappa shape index (κ1) is 20.8. The summed E-state index contributed by atoms with van der Waals surface area (Å²) in [6.07, 6.45) is 3.18. The maximum absolute atomic E-state index is 13.8. The first-order chi connectivity index (χ1) is 15.5. The lowest BCUT2D eigenvalue weighted by Gasteiger charge is -2.25. The van der Waals surface area contributed by atoms with Crippen molar-refractivity contribution < 1.29 is 19.3 Å². The van der Waals surface area contributed by atoms with Crippen LogP contribution in [0.15, 0.2) is 36.9 Å². The number of hydrogen-bond acceptors (Lipinski definition) is 7. The van der Waals surface area contributed by atoms with E-state index in [0.717, 1.165) is 18.7 Å². The Balaban J connectivity index is 1.43. The number of benzene rings is 1. The van der Waals surface area contributed by atoms with Crippen LogP contribution in [0.25, 0.3) is 11.2 Å². The Bertz CT molecular complexity index is 1180. The molecule has 1 saturated carbocycles. The molecule has 2 N–H and O–H groups in total. The van der Waals surface area contributed by atoms with E-state index in [4.69, 9.17) is 4.74 Å². The number of ether oxygens (including phenoxy) is 1. The standard InChI is InChI=1S/C23H24FN5O3/c1-28(15-7-3-4-8-15)21-18-22(26-12-25-21)29(13-27-18)23-20(31)19(30)17(32-23)11-10-14-6-2-5-9-16(14)24/h2,5-6,9,12-13,15,17,19-20,23,30-31H,3-4,7-8H2,1H3/t17-,19-,20-,23-/m1/s1. The van der Waals surface area contributed by atoms with Crippen molar-refractivity contribution in [2.45, 2.75) is 56.3 Å². The second-order valence-electron chi connectivity index (χ2n) is 8.25. The molecule has 0 unspecified atom stereocenters. The van der Waals surface area contributed by atoms with E-state index in [0.29, 0.717) is 17.2 Å². The molecule has 0 spiro atoms. The Morgan fingerprint density at radius 1 is 1.12 bits per heavy atom. The summed E-state index contributed by atoms with van der Waals surface area (Å²) in [5, 5.41) is 21.1. The molecule has 166 valence electrons. The molecule has 0 amide bonds. The van der Waals surface area contributed by atoms with Gasteiger partial charge >= 0.3 is 0 Å². The zero-order valence-electron chi connectivity index (χ0n) is 17.6. The molecule has 0 bridgehead atoms. The fraction of sp³-hybridized carbons (Fsp3) is 0.435. The van der Waals surface area contributed by atoms with Gasteiger partial charge in [0.2, 0.25) is 0 Å². The van der Waals surface area contributed by atoms with Crippen molar-refractivity contribution in [3.8, 4) is 11.8 Å². The van der Waals surface area contributed by atoms with E-state index in [1.165, 1.54) is 31.6 Å². The number of aliphatic hydroxyl groups excluding tert-OH is 2. The predicted molar refractivity (Wildman–Crippen MR) is 115 cm³/mol. The fourth-order valence-corrected chi connectivity index (χ4v) is 4.47. The summed E-state index contributed by atoms with van der Waals surface area (Å²) in [5.41, 5.74) is 1.30. The highest BCUT2D eigenvalue weighted by Gasteiger charge is 2.44. The number of aliphatic hydroxyl groups is 2. The number of halogens is 1. The van der Waals surface area contributed by atoms with Crippen LogP contribution in [0.2, 0.25) is 0 Å². The number of rotatable bonds is 3. The normalized spacial score (nSPS) is 25.8. The Morgan fingerprint density at radius 2 is 1.91 bits per heavy atom. The quantitative estimate of drug-likeness (QED) is 0.605. The van der Waals surface area contributed by atoms with Crippen molar-refractivity contribution in [2.24, 2.45) is 0 Å². The molecule has 5 rings (SSSR count). The van der Waals surface area contributed by atoms with Gasteiger partial charge in [0.05, 0.1) is 11.9 Å². The summed E-state index contributed by atoms with van der Waals surface area (Å²) >= 11 is 0. The summed E-state index contributed by atoms with van der Waals surface area (Å²) in [5.74, 6) is 5.68. The zero-order chi connectivity index (χ0) is 22.2. The van der Waals surface area contributed by atoms with Crippen molar-refractivity contribution in [3.05, 3.63) is 48.3 Å². The largest absolute Gasteiger partial charge is 0.386 e. The van der Waals surface area contributed by atoms with Crippen LogP contribution < -0.4 is 4.90 Å². The van der Waals surface area contributed by atoms with Gasteiger partial charge in [0.1, 0.15) is 30.5 Å². The first-order valence-corrected chi connectivity index (χ1v) is 10.7. The third-order valence-corrected chi connectivity index (χ3v) is 6.28. The third kappa shape index (κ3) is 3.60. The molecule has 2 fully saturated rings. The minimum atomic E-state index is -1.26. The van der Waals surface area contributed by atoms with Crippen molar-refractivity contribution in [1.82, 2.24) is 19.5 Å². The lowest BCUT2D eigenvalue weighted by Crippen LogP contribution is -2.31. The van der Waals surface area contributed by atoms with Gasteiger partial charge in [-0.25, -0.2) is 19.3 Å². The van der Waals surface area contributed by atoms with Gasteiger partial charge < -0.3 is 19.8 Å². The van der Waals surface area contributed by atoms with E-state index < -0.39 is 30.4 Å². The van der Waals surface area contributed by atoms with E-state index in [1.54, 1.807) is 22.8 Å². The van der Waals surface area contributed by atoms with Crippen LogP contribution in [0.1, 0.15) is 37.5 Å². The smallest absolute Gasteiger partial charge is 0.167 e. The van der Waals surface area contributed by atoms with Gasteiger partial charge in [0.25, 0.3) is 0 Å². The third-order valence-electron chi connectivity index (χ3n) is 6.28. The number of imidazole rings is 1. The van der Waals surface area contributed by atoms with E-state index in [2.05, 4.69) is 31.7 Å². The SMILES string of the molecule is CN(c1ncnc2c1ncn2[C@@H]1O[C@H](C#Cc2ccccc2F)[C@@H](O)[C@H]1O)C1CCCC1. The molecule has 4 atom stereocenters. The van der Waals surface area contributed by atoms with Crippen molar-refractivity contribution in [2.75, 3.05) is 11.9 Å². The van der Waals surface area contributed by atoms with E-state index in [1.807, 2.05) is 7.05 Å². The van der Waals surface area contributed by atoms with Crippen LogP contribution in [-0.4, -0.2) is 61.1 Å². The Morgan fingerprint density at radius 3 is 2.69 bits per heavy atom. The predicted octanol–water partition coefficient (Wildman–Crippen LogP) is 2.02. The molecule has 9 heteroatoms. The second kappa shape index (κ2) is 8.47. The highest BCUT2D eigenvalue weighted by Crippen LogP contribution is 2.34. The summed E-state index contributed by atoms with van der Waals surface area (Å²) in [6.45, 7) is 0. The maximum atomic E-state index is 13.8. The second-order valence-corrected chi connectivity index (χ2v) is 8.25. The van der Waals surface area contributed by atoms with Gasteiger partial charge in [0.15, 0.2) is 23.2 Å². The number of nitrogens with zero attached hydrogens (tertiary/aromatic N) is 5. The summed E-state index contributed by atoms with van der Waals surface area (Å²) in [6, 6.07) is 6.51. The molecule has 3 aromatic rings. The van der Waals surface area contributed by atoms with Crippen molar-refractivity contribution in [1.29, 1.82) is 0 Å². The number of aromatic nitrogens is 4. The molecule has 2 aliphatic rings. The van der Waals surface area contributed by atoms with Gasteiger partial charge in [-0.15, -0.1) is 0 Å². The summed E-state index contributed by atoms with van der Waals surface area (Å²) < 4.78 is 21.3. The van der Waals surface area contributed by atoms with Crippen molar-refractivity contribution >= 4 is 17.0 Å². The van der Waals surface area contributed by atoms with Crippen LogP contribution in [-0.2, 0) is 4.74 Å². The lowest BCUT2D eigenvalue weighted by atomic mass is 10.1. The van der Waals surface area contributed by atoms with Gasteiger partial charge in [-0.2, -0.15) is 0 Å². The van der Waals surface area contributed by atoms with Gasteiger partial charge in [-0.3, -0.25) is 4.57 Å². The van der Waals surface area contributed by atoms with Crippen LogP contribution in [0, 0.1) is 17.7 Å². The summed E-state index contributed by atoms with van der Waals surface area (Å²) in [4.78, 5) is 15.4. The van der Waals surface area contributed by atoms with Crippen LogP contribution in [0.3, 0.4) is 0 Å². The molecule has 32 heavy (non-hydrogen) atoms.